The highest BCUT2D eigenvalue weighted by Gasteiger charge is 2.21. The molecule has 1 aromatic carbocycles. The van der Waals surface area contributed by atoms with Gasteiger partial charge in [0.2, 0.25) is 0 Å². The Kier molecular flexibility index (Phi) is 4.58. The molecule has 32 heavy (non-hydrogen) atoms. The van der Waals surface area contributed by atoms with Crippen molar-refractivity contribution in [3.63, 3.8) is 0 Å². The van der Waals surface area contributed by atoms with E-state index in [0.29, 0.717) is 51.1 Å². The van der Waals surface area contributed by atoms with Gasteiger partial charge in [-0.1, -0.05) is 17.3 Å². The number of furan rings is 1. The number of amides is 1. The van der Waals surface area contributed by atoms with Crippen LogP contribution in [-0.4, -0.2) is 31.2 Å². The van der Waals surface area contributed by atoms with Gasteiger partial charge in [-0.15, -0.1) is 0 Å². The maximum Gasteiger partial charge on any atom is 0.259 e. The summed E-state index contributed by atoms with van der Waals surface area (Å²) in [4.78, 5) is 22.2. The van der Waals surface area contributed by atoms with Crippen LogP contribution in [0, 0.1) is 27.7 Å². The van der Waals surface area contributed by atoms with Crippen molar-refractivity contribution in [3.05, 3.63) is 65.0 Å². The minimum Gasteiger partial charge on any atom is -0.466 e. The zero-order chi connectivity index (χ0) is 22.4. The number of benzene rings is 1. The maximum absolute atomic E-state index is 13.3. The van der Waals surface area contributed by atoms with Crippen molar-refractivity contribution >= 4 is 22.7 Å². The molecule has 0 spiro atoms. The van der Waals surface area contributed by atoms with Gasteiger partial charge in [-0.3, -0.25) is 9.89 Å². The number of rotatable bonds is 4. The van der Waals surface area contributed by atoms with Gasteiger partial charge in [-0.2, -0.15) is 5.10 Å². The molecule has 0 aliphatic rings. The molecular weight excluding hydrogens is 408 g/mol. The Hall–Kier alpha value is -4.27. The summed E-state index contributed by atoms with van der Waals surface area (Å²) in [5.41, 5.74) is 4.10. The number of carbonyl (C=O) groups is 1. The van der Waals surface area contributed by atoms with Crippen LogP contribution in [0.2, 0.25) is 0 Å². The summed E-state index contributed by atoms with van der Waals surface area (Å²) in [6, 6.07) is 11.0. The third kappa shape index (κ3) is 3.43. The summed E-state index contributed by atoms with van der Waals surface area (Å²) in [5, 5.41) is 14.5. The lowest BCUT2D eigenvalue weighted by molar-refractivity contribution is 0.102. The Morgan fingerprint density at radius 1 is 1.06 bits per heavy atom. The second kappa shape index (κ2) is 7.45. The van der Waals surface area contributed by atoms with Crippen LogP contribution in [0.3, 0.4) is 0 Å². The van der Waals surface area contributed by atoms with Crippen LogP contribution < -0.4 is 5.32 Å². The number of aromatic amines is 1. The Labute approximate surface area is 182 Å². The van der Waals surface area contributed by atoms with Gasteiger partial charge in [-0.05, 0) is 52.0 Å². The maximum atomic E-state index is 13.3. The molecule has 5 aromatic rings. The van der Waals surface area contributed by atoms with Crippen LogP contribution in [0.5, 0.6) is 0 Å². The van der Waals surface area contributed by atoms with E-state index in [4.69, 9.17) is 8.94 Å². The average Bonchev–Trinajstić information content (AvgIpc) is 3.46. The number of pyridine rings is 1. The van der Waals surface area contributed by atoms with Crippen molar-refractivity contribution in [2.45, 2.75) is 27.7 Å². The van der Waals surface area contributed by atoms with E-state index in [0.717, 1.165) is 16.9 Å². The van der Waals surface area contributed by atoms with Gasteiger partial charge in [0, 0.05) is 16.8 Å². The summed E-state index contributed by atoms with van der Waals surface area (Å²) >= 11 is 0. The number of hydrogen-bond acceptors (Lipinski definition) is 7. The predicted molar refractivity (Wildman–Crippen MR) is 118 cm³/mol. The average molecular weight is 428 g/mol. The topological polar surface area (TPSA) is 123 Å². The van der Waals surface area contributed by atoms with Gasteiger partial charge < -0.3 is 14.3 Å². The van der Waals surface area contributed by atoms with Crippen LogP contribution >= 0.6 is 0 Å². The molecule has 0 fully saturated rings. The molecule has 0 radical (unpaired) electrons. The van der Waals surface area contributed by atoms with Crippen molar-refractivity contribution in [3.8, 4) is 22.6 Å². The molecule has 160 valence electrons. The number of fused-ring (bicyclic) bond motifs is 1. The van der Waals surface area contributed by atoms with E-state index in [-0.39, 0.29) is 5.91 Å². The first-order valence-corrected chi connectivity index (χ1v) is 10.0. The van der Waals surface area contributed by atoms with E-state index in [1.54, 1.807) is 13.0 Å². The predicted octanol–water partition coefficient (Wildman–Crippen LogP) is 4.75. The molecule has 0 aliphatic carbocycles. The van der Waals surface area contributed by atoms with Gasteiger partial charge in [0.15, 0.2) is 5.82 Å². The highest BCUT2D eigenvalue weighted by molar-refractivity contribution is 6.13. The molecule has 0 unspecified atom stereocenters. The second-order valence-electron chi connectivity index (χ2n) is 7.61. The fraction of sp³-hybridized carbons (Fsp3) is 0.174. The molecule has 1 amide bonds. The summed E-state index contributed by atoms with van der Waals surface area (Å²) in [6.45, 7) is 7.34. The smallest absolute Gasteiger partial charge is 0.259 e. The fourth-order valence-electron chi connectivity index (χ4n) is 3.70. The highest BCUT2D eigenvalue weighted by Crippen LogP contribution is 2.31. The van der Waals surface area contributed by atoms with Crippen molar-refractivity contribution in [2.24, 2.45) is 0 Å². The van der Waals surface area contributed by atoms with E-state index < -0.39 is 0 Å². The minimum absolute atomic E-state index is 0.299. The van der Waals surface area contributed by atoms with E-state index in [2.05, 4.69) is 30.6 Å². The van der Waals surface area contributed by atoms with Crippen molar-refractivity contribution in [2.75, 3.05) is 5.32 Å². The number of hydrogen-bond donors (Lipinski definition) is 2. The molecule has 4 heterocycles. The molecule has 0 saturated carbocycles. The van der Waals surface area contributed by atoms with Crippen molar-refractivity contribution < 1.29 is 13.7 Å². The number of nitrogens with zero attached hydrogens (tertiary/aromatic N) is 4. The van der Waals surface area contributed by atoms with Crippen LogP contribution in [0.25, 0.3) is 33.7 Å². The Morgan fingerprint density at radius 2 is 1.91 bits per heavy atom. The lowest BCUT2D eigenvalue weighted by Gasteiger charge is -2.09. The number of nitrogens with one attached hydrogen (secondary N) is 2. The molecule has 5 rings (SSSR count). The molecule has 0 aliphatic heterocycles. The summed E-state index contributed by atoms with van der Waals surface area (Å²) in [7, 11) is 0. The Bertz CT molecular complexity index is 1480. The molecule has 2 N–H and O–H groups in total. The van der Waals surface area contributed by atoms with Crippen molar-refractivity contribution in [1.29, 1.82) is 0 Å². The number of H-pyrrole nitrogens is 1. The quantitative estimate of drug-likeness (QED) is 0.423. The molecule has 0 bridgehead atoms. The third-order valence-electron chi connectivity index (χ3n) is 5.15. The van der Waals surface area contributed by atoms with Crippen molar-refractivity contribution in [1.82, 2.24) is 25.3 Å². The lowest BCUT2D eigenvalue weighted by Crippen LogP contribution is -2.13. The molecule has 4 aromatic heterocycles. The zero-order valence-corrected chi connectivity index (χ0v) is 18.0. The molecular formula is C23H20N6O3. The SMILES string of the molecule is Cc1nc(-c2cccc(NC(=O)c3cc(-c4cc(C)oc4C)nc4onc(C)c34)c2)n[nH]1. The molecule has 0 saturated heterocycles. The molecule has 9 nitrogen and oxygen atoms in total. The van der Waals surface area contributed by atoms with E-state index in [9.17, 15) is 4.79 Å². The summed E-state index contributed by atoms with van der Waals surface area (Å²) < 4.78 is 11.0. The first kappa shape index (κ1) is 19.7. The monoisotopic (exact) mass is 428 g/mol. The van der Waals surface area contributed by atoms with E-state index in [1.807, 2.05) is 51.1 Å². The largest absolute Gasteiger partial charge is 0.466 e. The van der Waals surface area contributed by atoms with E-state index in [1.165, 1.54) is 0 Å². The first-order valence-electron chi connectivity index (χ1n) is 10.0. The number of aryl methyl sites for hydroxylation is 4. The minimum atomic E-state index is -0.300. The van der Waals surface area contributed by atoms with Crippen LogP contribution in [0.1, 0.15) is 33.4 Å². The highest BCUT2D eigenvalue weighted by atomic mass is 16.5. The number of carbonyl (C=O) groups excluding carboxylic acids is 1. The zero-order valence-electron chi connectivity index (χ0n) is 18.0. The lowest BCUT2D eigenvalue weighted by atomic mass is 10.0. The Balaban J connectivity index is 1.55. The number of aromatic nitrogens is 5. The normalized spacial score (nSPS) is 11.2. The second-order valence-corrected chi connectivity index (χ2v) is 7.61. The Morgan fingerprint density at radius 3 is 2.62 bits per heavy atom. The van der Waals surface area contributed by atoms with Crippen LogP contribution in [-0.2, 0) is 0 Å². The molecule has 9 heteroatoms. The number of anilines is 1. The standard InChI is InChI=1S/C23H20N6O3/c1-11-8-17(13(3)31-11)19-10-18(20-12(2)29-32-23(20)26-19)22(30)25-16-7-5-6-15(9-16)21-24-14(4)27-28-21/h5-10H,1-4H3,(H,25,30)(H,24,27,28). The van der Waals surface area contributed by atoms with Gasteiger partial charge in [0.05, 0.1) is 22.3 Å². The van der Waals surface area contributed by atoms with Crippen LogP contribution in [0.4, 0.5) is 5.69 Å². The van der Waals surface area contributed by atoms with Gasteiger partial charge in [-0.25, -0.2) is 9.97 Å². The fourth-order valence-corrected chi connectivity index (χ4v) is 3.70. The van der Waals surface area contributed by atoms with Gasteiger partial charge in [0.25, 0.3) is 11.6 Å². The first-order chi connectivity index (χ1) is 15.4. The summed E-state index contributed by atoms with van der Waals surface area (Å²) in [5.74, 6) is 2.46. The van der Waals surface area contributed by atoms with Crippen LogP contribution in [0.15, 0.2) is 45.3 Å². The molecule has 0 atom stereocenters. The van der Waals surface area contributed by atoms with E-state index >= 15 is 0 Å². The van der Waals surface area contributed by atoms with Gasteiger partial charge >= 0.3 is 0 Å². The third-order valence-corrected chi connectivity index (χ3v) is 5.15. The summed E-state index contributed by atoms with van der Waals surface area (Å²) in [6.07, 6.45) is 0. The van der Waals surface area contributed by atoms with Gasteiger partial charge in [0.1, 0.15) is 17.3 Å².